The summed E-state index contributed by atoms with van der Waals surface area (Å²) >= 11 is 1.62. The van der Waals surface area contributed by atoms with Crippen LogP contribution in [0.15, 0.2) is 25.3 Å². The molecule has 0 saturated carbocycles. The average molecular weight is 507 g/mol. The van der Waals surface area contributed by atoms with E-state index in [0.29, 0.717) is 6.54 Å². The third-order valence-corrected chi connectivity index (χ3v) is 10.3. The zero-order chi connectivity index (χ0) is 26.3. The number of esters is 1. The maximum atomic E-state index is 14.4. The molecule has 3 aliphatic heterocycles. The number of nitrogens with zero attached hydrogens (tertiary/aromatic N) is 2. The zero-order valence-corrected chi connectivity index (χ0v) is 22.8. The highest BCUT2D eigenvalue weighted by Gasteiger charge is 2.77. The first kappa shape index (κ1) is 27.8. The molecule has 0 aromatic carbocycles. The van der Waals surface area contributed by atoms with E-state index in [4.69, 9.17) is 4.74 Å². The van der Waals surface area contributed by atoms with E-state index < -0.39 is 40.2 Å². The van der Waals surface area contributed by atoms with Crippen molar-refractivity contribution < 1.29 is 24.2 Å². The van der Waals surface area contributed by atoms with Crippen LogP contribution in [-0.4, -0.2) is 80.1 Å². The van der Waals surface area contributed by atoms with Crippen LogP contribution in [0.2, 0.25) is 0 Å². The molecule has 3 heterocycles. The van der Waals surface area contributed by atoms with Crippen LogP contribution in [0.4, 0.5) is 0 Å². The van der Waals surface area contributed by atoms with Crippen molar-refractivity contribution in [3.05, 3.63) is 25.3 Å². The lowest BCUT2D eigenvalue weighted by Gasteiger charge is -2.45. The van der Waals surface area contributed by atoms with E-state index in [0.717, 1.165) is 12.8 Å². The normalized spacial score (nSPS) is 33.3. The minimum absolute atomic E-state index is 0.0133. The van der Waals surface area contributed by atoms with Gasteiger partial charge in [0.2, 0.25) is 11.8 Å². The maximum Gasteiger partial charge on any atom is 0.311 e. The minimum Gasteiger partial charge on any atom is -0.461 e. The van der Waals surface area contributed by atoms with Gasteiger partial charge in [0.25, 0.3) is 0 Å². The number of aliphatic hydroxyl groups excluding tert-OH is 1. The number of fused-ring (bicyclic) bond motifs is 1. The molecule has 0 radical (unpaired) electrons. The van der Waals surface area contributed by atoms with Gasteiger partial charge in [0.05, 0.1) is 29.2 Å². The van der Waals surface area contributed by atoms with Crippen molar-refractivity contribution in [2.45, 2.75) is 82.0 Å². The predicted molar refractivity (Wildman–Crippen MR) is 139 cm³/mol. The van der Waals surface area contributed by atoms with Crippen LogP contribution < -0.4 is 0 Å². The molecule has 35 heavy (non-hydrogen) atoms. The highest BCUT2D eigenvalue weighted by molar-refractivity contribution is 8.02. The molecule has 1 N–H and O–H groups in total. The first-order valence-corrected chi connectivity index (χ1v) is 13.6. The van der Waals surface area contributed by atoms with Crippen molar-refractivity contribution in [1.82, 2.24) is 9.80 Å². The molecular formula is C27H42N2O5S. The molecule has 3 rings (SSSR count). The van der Waals surface area contributed by atoms with Gasteiger partial charge < -0.3 is 19.6 Å². The third-order valence-electron chi connectivity index (χ3n) is 8.27. The second kappa shape index (κ2) is 10.3. The van der Waals surface area contributed by atoms with Crippen LogP contribution in [0.1, 0.15) is 54.4 Å². The number of hydrogen-bond acceptors (Lipinski definition) is 6. The summed E-state index contributed by atoms with van der Waals surface area (Å²) in [5.41, 5.74) is -0.493. The summed E-state index contributed by atoms with van der Waals surface area (Å²) in [5.74, 6) is -1.98. The molecule has 1 spiro atoms. The summed E-state index contributed by atoms with van der Waals surface area (Å²) in [6, 6.07) is -1.28. The lowest BCUT2D eigenvalue weighted by Crippen LogP contribution is -2.62. The number of thioether (sulfide) groups is 1. The highest BCUT2D eigenvalue weighted by atomic mass is 32.2. The monoisotopic (exact) mass is 506 g/mol. The van der Waals surface area contributed by atoms with Gasteiger partial charge in [-0.25, -0.2) is 0 Å². The van der Waals surface area contributed by atoms with Crippen LogP contribution in [0.3, 0.4) is 0 Å². The first-order chi connectivity index (χ1) is 16.4. The van der Waals surface area contributed by atoms with Crippen LogP contribution in [0.5, 0.6) is 0 Å². The van der Waals surface area contributed by atoms with Gasteiger partial charge in [0, 0.05) is 17.3 Å². The molecule has 3 fully saturated rings. The molecular weight excluding hydrogens is 464 g/mol. The number of rotatable bonds is 10. The lowest BCUT2D eigenvalue weighted by molar-refractivity contribution is -0.154. The fraction of sp³-hybridized carbons (Fsp3) is 0.741. The van der Waals surface area contributed by atoms with Crippen molar-refractivity contribution >= 4 is 29.5 Å². The van der Waals surface area contributed by atoms with Crippen molar-refractivity contribution in [1.29, 1.82) is 0 Å². The van der Waals surface area contributed by atoms with E-state index in [1.165, 1.54) is 6.08 Å². The number of carbonyl (C=O) groups excluding carboxylic acids is 3. The summed E-state index contributed by atoms with van der Waals surface area (Å²) in [4.78, 5) is 45.3. The van der Waals surface area contributed by atoms with Crippen molar-refractivity contribution in [2.75, 3.05) is 19.8 Å². The Morgan fingerprint density at radius 3 is 2.51 bits per heavy atom. The van der Waals surface area contributed by atoms with Crippen molar-refractivity contribution in [2.24, 2.45) is 23.7 Å². The number of ether oxygens (including phenoxy) is 1. The van der Waals surface area contributed by atoms with Gasteiger partial charge >= 0.3 is 5.97 Å². The van der Waals surface area contributed by atoms with E-state index in [9.17, 15) is 19.5 Å². The first-order valence-electron chi connectivity index (χ1n) is 12.7. The van der Waals surface area contributed by atoms with Gasteiger partial charge in [-0.05, 0) is 39.0 Å². The molecule has 0 aromatic rings. The number of likely N-dealkylation sites (tertiary alicyclic amines) is 1. The summed E-state index contributed by atoms with van der Waals surface area (Å²) in [6.45, 7) is 19.7. The van der Waals surface area contributed by atoms with E-state index >= 15 is 0 Å². The number of aliphatic hydroxyl groups is 1. The molecule has 2 amide bonds. The molecule has 8 heteroatoms. The Labute approximate surface area is 214 Å². The SMILES string of the molecule is C=CCOC(=O)[C@@H]1[C@@H]2CC(C)C3(S2)C(C(=O)N(CC=C)C(C)(C)C)N([C@@H](CO)[C@@H](C)CC)C(=O)[C@H]13. The topological polar surface area (TPSA) is 87.2 Å². The fourth-order valence-electron chi connectivity index (χ4n) is 6.39. The van der Waals surface area contributed by atoms with Crippen LogP contribution in [0, 0.1) is 23.7 Å². The van der Waals surface area contributed by atoms with E-state index in [1.54, 1.807) is 27.6 Å². The third kappa shape index (κ3) is 4.35. The largest absolute Gasteiger partial charge is 0.461 e. The number of amides is 2. The fourth-order valence-corrected chi connectivity index (χ4v) is 8.78. The number of carbonyl (C=O) groups is 3. The Kier molecular flexibility index (Phi) is 8.17. The highest BCUT2D eigenvalue weighted by Crippen LogP contribution is 2.69. The molecule has 0 aromatic heterocycles. The Morgan fingerprint density at radius 1 is 1.34 bits per heavy atom. The second-order valence-electron chi connectivity index (χ2n) is 11.3. The standard InChI is InChI=1S/C27H42N2O5S/c1-9-12-28(26(6,7)8)24(32)22-27-17(5)14-19(35-27)20(25(33)34-13-10-2)21(27)23(31)29(22)18(15-30)16(4)11-3/h9-10,16-22,30H,1-2,11-15H2,3-8H3/t16-,17?,18-,19-,20+,21-,22?,27?/m0/s1. The summed E-state index contributed by atoms with van der Waals surface area (Å²) in [5, 5.41) is 10.4. The van der Waals surface area contributed by atoms with Gasteiger partial charge in [-0.1, -0.05) is 45.9 Å². The summed E-state index contributed by atoms with van der Waals surface area (Å²) < 4.78 is 4.70. The zero-order valence-electron chi connectivity index (χ0n) is 22.0. The smallest absolute Gasteiger partial charge is 0.311 e. The van der Waals surface area contributed by atoms with Gasteiger partial charge in [0.15, 0.2) is 0 Å². The van der Waals surface area contributed by atoms with Gasteiger partial charge in [0.1, 0.15) is 12.6 Å². The lowest BCUT2D eigenvalue weighted by atomic mass is 9.66. The Hall–Kier alpha value is -1.80. The summed E-state index contributed by atoms with van der Waals surface area (Å²) in [6.07, 6.45) is 4.71. The molecule has 3 unspecified atom stereocenters. The molecule has 7 nitrogen and oxygen atoms in total. The van der Waals surface area contributed by atoms with E-state index in [-0.39, 0.29) is 42.1 Å². The van der Waals surface area contributed by atoms with E-state index in [1.807, 2.05) is 34.6 Å². The van der Waals surface area contributed by atoms with Gasteiger partial charge in [-0.3, -0.25) is 14.4 Å². The average Bonchev–Trinajstić information content (AvgIpc) is 3.39. The van der Waals surface area contributed by atoms with Crippen LogP contribution >= 0.6 is 11.8 Å². The molecule has 3 saturated heterocycles. The predicted octanol–water partition coefficient (Wildman–Crippen LogP) is 3.27. The Balaban J connectivity index is 2.18. The quantitative estimate of drug-likeness (QED) is 0.362. The van der Waals surface area contributed by atoms with Crippen LogP contribution in [-0.2, 0) is 19.1 Å². The molecule has 196 valence electrons. The summed E-state index contributed by atoms with van der Waals surface area (Å²) in [7, 11) is 0. The molecule has 0 aliphatic carbocycles. The Morgan fingerprint density at radius 2 is 2.00 bits per heavy atom. The second-order valence-corrected chi connectivity index (χ2v) is 12.8. The van der Waals surface area contributed by atoms with Gasteiger partial charge in [-0.15, -0.1) is 18.3 Å². The molecule has 8 atom stereocenters. The Bertz CT molecular complexity index is 870. The van der Waals surface area contributed by atoms with Gasteiger partial charge in [-0.2, -0.15) is 0 Å². The van der Waals surface area contributed by atoms with Crippen LogP contribution in [0.25, 0.3) is 0 Å². The number of hydrogen-bond donors (Lipinski definition) is 1. The van der Waals surface area contributed by atoms with E-state index in [2.05, 4.69) is 20.1 Å². The minimum atomic E-state index is -0.771. The van der Waals surface area contributed by atoms with Crippen molar-refractivity contribution in [3.63, 3.8) is 0 Å². The molecule has 2 bridgehead atoms. The maximum absolute atomic E-state index is 14.4. The molecule has 3 aliphatic rings. The van der Waals surface area contributed by atoms with Crippen molar-refractivity contribution in [3.8, 4) is 0 Å².